The first-order valence-electron chi connectivity index (χ1n) is 5.22. The van der Waals surface area contributed by atoms with Crippen LogP contribution in [0.3, 0.4) is 0 Å². The highest BCUT2D eigenvalue weighted by Gasteiger charge is 2.06. The molecular formula is C15H8O2. The monoisotopic (exact) mass is 220 g/mol. The van der Waals surface area contributed by atoms with Gasteiger partial charge in [-0.3, -0.25) is 4.79 Å². The Morgan fingerprint density at radius 1 is 1.00 bits per heavy atom. The van der Waals surface area contributed by atoms with Crippen LogP contribution >= 0.6 is 0 Å². The van der Waals surface area contributed by atoms with Crippen LogP contribution in [0, 0.1) is 12.3 Å². The summed E-state index contributed by atoms with van der Waals surface area (Å²) >= 11 is 0. The summed E-state index contributed by atoms with van der Waals surface area (Å²) < 4.78 is 5.66. The normalized spacial score (nSPS) is 10.5. The Kier molecular flexibility index (Phi) is 1.99. The highest BCUT2D eigenvalue weighted by Crippen LogP contribution is 2.18. The molecule has 0 aliphatic rings. The fourth-order valence-corrected chi connectivity index (χ4v) is 1.89. The molecule has 0 atom stereocenters. The fraction of sp³-hybridized carbons (Fsp3) is 0. The molecule has 0 spiro atoms. The fourth-order valence-electron chi connectivity index (χ4n) is 1.89. The maximum atomic E-state index is 12.2. The number of hydrogen-bond donors (Lipinski definition) is 0. The summed E-state index contributed by atoms with van der Waals surface area (Å²) in [5.41, 5.74) is 1.80. The molecule has 0 saturated heterocycles. The Labute approximate surface area is 97.5 Å². The van der Waals surface area contributed by atoms with Gasteiger partial charge < -0.3 is 4.42 Å². The van der Waals surface area contributed by atoms with Gasteiger partial charge in [-0.2, -0.15) is 0 Å². The molecule has 0 amide bonds. The molecule has 80 valence electrons. The van der Waals surface area contributed by atoms with Gasteiger partial charge in [-0.15, -0.1) is 6.42 Å². The van der Waals surface area contributed by atoms with Gasteiger partial charge in [0.15, 0.2) is 0 Å². The van der Waals surface area contributed by atoms with Crippen molar-refractivity contribution in [3.05, 3.63) is 58.3 Å². The van der Waals surface area contributed by atoms with Gasteiger partial charge >= 0.3 is 0 Å². The maximum Gasteiger partial charge on any atom is 0.200 e. The molecule has 3 rings (SSSR count). The molecule has 0 unspecified atom stereocenters. The molecule has 17 heavy (non-hydrogen) atoms. The number of rotatable bonds is 0. The van der Waals surface area contributed by atoms with Crippen LogP contribution in [0.25, 0.3) is 21.9 Å². The maximum absolute atomic E-state index is 12.2. The first-order valence-corrected chi connectivity index (χ1v) is 5.22. The van der Waals surface area contributed by atoms with Gasteiger partial charge in [0, 0.05) is 5.56 Å². The predicted octanol–water partition coefficient (Wildman–Crippen LogP) is 2.93. The van der Waals surface area contributed by atoms with E-state index in [-0.39, 0.29) is 5.43 Å². The quantitative estimate of drug-likeness (QED) is 0.430. The van der Waals surface area contributed by atoms with Crippen molar-refractivity contribution in [2.24, 2.45) is 0 Å². The molecule has 1 heterocycles. The van der Waals surface area contributed by atoms with Crippen LogP contribution < -0.4 is 5.43 Å². The first-order chi connectivity index (χ1) is 8.29. The van der Waals surface area contributed by atoms with Gasteiger partial charge in [0.1, 0.15) is 11.2 Å². The number of terminal acetylenes is 1. The van der Waals surface area contributed by atoms with Crippen molar-refractivity contribution in [2.75, 3.05) is 0 Å². The van der Waals surface area contributed by atoms with Gasteiger partial charge in [-0.05, 0) is 30.3 Å². The van der Waals surface area contributed by atoms with Gasteiger partial charge in [-0.25, -0.2) is 0 Å². The average Bonchev–Trinajstić information content (AvgIpc) is 2.39. The third-order valence-corrected chi connectivity index (χ3v) is 2.74. The van der Waals surface area contributed by atoms with E-state index in [4.69, 9.17) is 10.8 Å². The lowest BCUT2D eigenvalue weighted by Crippen LogP contribution is -2.01. The molecule has 0 bridgehead atoms. The second kappa shape index (κ2) is 3.50. The molecule has 0 radical (unpaired) electrons. The summed E-state index contributed by atoms with van der Waals surface area (Å²) in [6.07, 6.45) is 5.32. The van der Waals surface area contributed by atoms with Crippen molar-refractivity contribution in [1.29, 1.82) is 0 Å². The van der Waals surface area contributed by atoms with Crippen LogP contribution in [0.15, 0.2) is 51.7 Å². The van der Waals surface area contributed by atoms with E-state index in [1.165, 1.54) is 0 Å². The Morgan fingerprint density at radius 3 is 2.59 bits per heavy atom. The lowest BCUT2D eigenvalue weighted by molar-refractivity contribution is 0.660. The largest absolute Gasteiger partial charge is 0.456 e. The Hall–Kier alpha value is -2.53. The zero-order valence-electron chi connectivity index (χ0n) is 8.94. The topological polar surface area (TPSA) is 30.2 Å². The summed E-state index contributed by atoms with van der Waals surface area (Å²) in [5, 5.41) is 1.10. The highest BCUT2D eigenvalue weighted by atomic mass is 16.3. The van der Waals surface area contributed by atoms with E-state index in [0.29, 0.717) is 27.5 Å². The van der Waals surface area contributed by atoms with E-state index < -0.39 is 0 Å². The summed E-state index contributed by atoms with van der Waals surface area (Å²) in [6.45, 7) is 0. The van der Waals surface area contributed by atoms with E-state index in [0.717, 1.165) is 0 Å². The molecule has 0 N–H and O–H groups in total. The third-order valence-electron chi connectivity index (χ3n) is 2.74. The number of para-hydroxylation sites is 1. The molecule has 0 fully saturated rings. The number of fused-ring (bicyclic) bond motifs is 2. The zero-order chi connectivity index (χ0) is 11.8. The highest BCUT2D eigenvalue weighted by molar-refractivity contribution is 5.90. The molecular weight excluding hydrogens is 212 g/mol. The van der Waals surface area contributed by atoms with E-state index in [1.807, 2.05) is 12.1 Å². The Balaban J connectivity index is 2.57. The van der Waals surface area contributed by atoms with Gasteiger partial charge in [-0.1, -0.05) is 18.1 Å². The standard InChI is InChI=1S/C15H8O2/c1-2-10-7-8-14-12(9-10)15(16)11-5-3-4-6-13(11)17-14/h1,3-9H. The minimum absolute atomic E-state index is 0.0426. The summed E-state index contributed by atoms with van der Waals surface area (Å²) in [5.74, 6) is 2.51. The van der Waals surface area contributed by atoms with Crippen LogP contribution in [0.4, 0.5) is 0 Å². The molecule has 2 heteroatoms. The van der Waals surface area contributed by atoms with Crippen LogP contribution in [0.1, 0.15) is 5.56 Å². The van der Waals surface area contributed by atoms with Crippen LogP contribution in [0.2, 0.25) is 0 Å². The van der Waals surface area contributed by atoms with Gasteiger partial charge in [0.05, 0.1) is 10.8 Å². The molecule has 0 saturated carbocycles. The molecule has 0 aliphatic carbocycles. The van der Waals surface area contributed by atoms with Gasteiger partial charge in [0.2, 0.25) is 5.43 Å². The average molecular weight is 220 g/mol. The Bertz CT molecular complexity index is 820. The molecule has 0 aliphatic heterocycles. The Morgan fingerprint density at radius 2 is 1.76 bits per heavy atom. The number of benzene rings is 2. The van der Waals surface area contributed by atoms with Crippen molar-refractivity contribution in [2.45, 2.75) is 0 Å². The van der Waals surface area contributed by atoms with Crippen LogP contribution in [-0.2, 0) is 0 Å². The van der Waals surface area contributed by atoms with Crippen molar-refractivity contribution >= 4 is 21.9 Å². The van der Waals surface area contributed by atoms with Crippen molar-refractivity contribution in [3.63, 3.8) is 0 Å². The lowest BCUT2D eigenvalue weighted by Gasteiger charge is -2.01. The van der Waals surface area contributed by atoms with Crippen LogP contribution in [0.5, 0.6) is 0 Å². The smallest absolute Gasteiger partial charge is 0.200 e. The second-order valence-corrected chi connectivity index (χ2v) is 3.78. The number of hydrogen-bond acceptors (Lipinski definition) is 2. The minimum atomic E-state index is -0.0426. The van der Waals surface area contributed by atoms with Crippen molar-refractivity contribution in [1.82, 2.24) is 0 Å². The van der Waals surface area contributed by atoms with Crippen LogP contribution in [-0.4, -0.2) is 0 Å². The molecule has 3 aromatic rings. The third kappa shape index (κ3) is 1.41. The predicted molar refractivity (Wildman–Crippen MR) is 67.9 cm³/mol. The van der Waals surface area contributed by atoms with E-state index in [1.54, 1.807) is 30.3 Å². The minimum Gasteiger partial charge on any atom is -0.456 e. The van der Waals surface area contributed by atoms with E-state index in [9.17, 15) is 4.79 Å². The van der Waals surface area contributed by atoms with E-state index in [2.05, 4.69) is 5.92 Å². The van der Waals surface area contributed by atoms with Gasteiger partial charge in [0.25, 0.3) is 0 Å². The molecule has 2 aromatic carbocycles. The summed E-state index contributed by atoms with van der Waals surface area (Å²) in [7, 11) is 0. The molecule has 2 nitrogen and oxygen atoms in total. The summed E-state index contributed by atoms with van der Waals surface area (Å²) in [6, 6.07) is 12.4. The zero-order valence-corrected chi connectivity index (χ0v) is 8.94. The molecule has 1 aromatic heterocycles. The first kappa shape index (κ1) is 9.68. The summed E-state index contributed by atoms with van der Waals surface area (Å²) in [4.78, 5) is 12.2. The SMILES string of the molecule is C#Cc1ccc2oc3ccccc3c(=O)c2c1. The van der Waals surface area contributed by atoms with Crippen molar-refractivity contribution < 1.29 is 4.42 Å². The van der Waals surface area contributed by atoms with Crippen molar-refractivity contribution in [3.8, 4) is 12.3 Å². The van der Waals surface area contributed by atoms with E-state index >= 15 is 0 Å². The lowest BCUT2D eigenvalue weighted by atomic mass is 10.1. The second-order valence-electron chi connectivity index (χ2n) is 3.78.